The third-order valence-corrected chi connectivity index (χ3v) is 5.82. The van der Waals surface area contributed by atoms with E-state index < -0.39 is 0 Å². The van der Waals surface area contributed by atoms with Crippen molar-refractivity contribution in [1.82, 2.24) is 5.32 Å². The summed E-state index contributed by atoms with van der Waals surface area (Å²) < 4.78 is 5.32. The number of nitrogens with one attached hydrogen (secondary N) is 1. The molecule has 3 rings (SSSR count). The molecule has 1 aliphatic rings. The zero-order chi connectivity index (χ0) is 16.6. The summed E-state index contributed by atoms with van der Waals surface area (Å²) in [5, 5.41) is 3.10. The normalized spacial score (nSPS) is 14.1. The molecule has 0 aliphatic heterocycles. The number of amides is 1. The van der Waals surface area contributed by atoms with Gasteiger partial charge in [0.05, 0.1) is 12.0 Å². The van der Waals surface area contributed by atoms with Gasteiger partial charge in [-0.05, 0) is 66.6 Å². The minimum atomic E-state index is 0.0423. The van der Waals surface area contributed by atoms with Crippen LogP contribution in [-0.2, 0) is 12.8 Å². The molecule has 0 spiro atoms. The first-order valence-corrected chi connectivity index (χ1v) is 8.92. The van der Waals surface area contributed by atoms with Crippen molar-refractivity contribution in [3.8, 4) is 16.2 Å². The average Bonchev–Trinajstić information content (AvgIpc) is 2.98. The molecule has 4 heteroatoms. The Morgan fingerprint density at radius 1 is 1.17 bits per heavy atom. The first-order valence-electron chi connectivity index (χ1n) is 8.10. The topological polar surface area (TPSA) is 38.3 Å². The predicted molar refractivity (Wildman–Crippen MR) is 95.5 cm³/mol. The van der Waals surface area contributed by atoms with Gasteiger partial charge in [-0.25, -0.2) is 0 Å². The van der Waals surface area contributed by atoms with Gasteiger partial charge < -0.3 is 10.1 Å². The third-order valence-electron chi connectivity index (χ3n) is 4.61. The zero-order valence-corrected chi connectivity index (χ0v) is 14.9. The number of rotatable bonds is 4. The molecule has 0 unspecified atom stereocenters. The highest BCUT2D eigenvalue weighted by atomic mass is 32.1. The molecule has 0 radical (unpaired) electrons. The van der Waals surface area contributed by atoms with Gasteiger partial charge in [-0.2, -0.15) is 0 Å². The van der Waals surface area contributed by atoms with Gasteiger partial charge in [-0.15, -0.1) is 11.3 Å². The lowest BCUT2D eigenvalue weighted by Gasteiger charge is -2.16. The van der Waals surface area contributed by atoms with E-state index in [0.29, 0.717) is 5.92 Å². The molecular weight excluding hydrogens is 306 g/mol. The van der Waals surface area contributed by atoms with E-state index in [-0.39, 0.29) is 11.9 Å². The van der Waals surface area contributed by atoms with Gasteiger partial charge in [0, 0.05) is 10.9 Å². The van der Waals surface area contributed by atoms with Crippen molar-refractivity contribution < 1.29 is 9.53 Å². The van der Waals surface area contributed by atoms with Crippen LogP contribution in [-0.4, -0.2) is 19.1 Å². The average molecular weight is 329 g/mol. The lowest BCUT2D eigenvalue weighted by atomic mass is 9.91. The number of methoxy groups -OCH3 is 1. The Bertz CT molecular complexity index is 733. The summed E-state index contributed by atoms with van der Waals surface area (Å²) in [7, 11) is 1.69. The summed E-state index contributed by atoms with van der Waals surface area (Å²) in [6.07, 6.45) is 1.98. The summed E-state index contributed by atoms with van der Waals surface area (Å²) >= 11 is 1.60. The van der Waals surface area contributed by atoms with Crippen molar-refractivity contribution in [2.24, 2.45) is 5.92 Å². The standard InChI is InChI=1S/C19H23NO2S/c1-11(2)12(3)20-19(21)17-10-14-6-5-13-9-15(22-4)7-8-16(13)18(14)23-17/h7-12H,5-6H2,1-4H3,(H,20,21)/t12-/m1/s1. The molecule has 0 fully saturated rings. The van der Waals surface area contributed by atoms with E-state index >= 15 is 0 Å². The zero-order valence-electron chi connectivity index (χ0n) is 14.1. The van der Waals surface area contributed by atoms with Gasteiger partial charge in [-0.3, -0.25) is 4.79 Å². The van der Waals surface area contributed by atoms with Gasteiger partial charge in [0.25, 0.3) is 5.91 Å². The van der Waals surface area contributed by atoms with E-state index in [4.69, 9.17) is 4.74 Å². The van der Waals surface area contributed by atoms with Gasteiger partial charge in [0.2, 0.25) is 0 Å². The highest BCUT2D eigenvalue weighted by Crippen LogP contribution is 2.40. The maximum atomic E-state index is 12.5. The molecule has 2 aromatic rings. The molecule has 1 aliphatic carbocycles. The Morgan fingerprint density at radius 2 is 1.91 bits per heavy atom. The molecule has 1 heterocycles. The Labute approximate surface area is 141 Å². The van der Waals surface area contributed by atoms with Crippen LogP contribution in [0.5, 0.6) is 5.75 Å². The molecule has 1 aromatic heterocycles. The van der Waals surface area contributed by atoms with Crippen LogP contribution < -0.4 is 10.1 Å². The molecule has 23 heavy (non-hydrogen) atoms. The quantitative estimate of drug-likeness (QED) is 0.908. The summed E-state index contributed by atoms with van der Waals surface area (Å²) in [6, 6.07) is 8.46. The van der Waals surface area contributed by atoms with Gasteiger partial charge in [0.15, 0.2) is 0 Å². The van der Waals surface area contributed by atoms with E-state index in [9.17, 15) is 4.79 Å². The van der Waals surface area contributed by atoms with Gasteiger partial charge in [0.1, 0.15) is 5.75 Å². The number of thiophene rings is 1. The highest BCUT2D eigenvalue weighted by Gasteiger charge is 2.23. The van der Waals surface area contributed by atoms with Crippen LogP contribution in [0.2, 0.25) is 0 Å². The van der Waals surface area contributed by atoms with Crippen molar-refractivity contribution in [2.45, 2.75) is 39.7 Å². The van der Waals surface area contributed by atoms with Crippen molar-refractivity contribution in [3.63, 3.8) is 0 Å². The number of fused-ring (bicyclic) bond motifs is 3. The van der Waals surface area contributed by atoms with Gasteiger partial charge in [-0.1, -0.05) is 13.8 Å². The SMILES string of the molecule is COc1ccc2c(c1)CCc1cc(C(=O)N[C@H](C)C(C)C)sc1-2. The maximum Gasteiger partial charge on any atom is 0.261 e. The fourth-order valence-electron chi connectivity index (χ4n) is 2.79. The second-order valence-electron chi connectivity index (χ2n) is 6.49. The monoisotopic (exact) mass is 329 g/mol. The first kappa shape index (κ1) is 16.1. The first-order chi connectivity index (χ1) is 11.0. The second-order valence-corrected chi connectivity index (χ2v) is 7.55. The predicted octanol–water partition coefficient (Wildman–Crippen LogP) is 4.30. The summed E-state index contributed by atoms with van der Waals surface area (Å²) in [4.78, 5) is 14.5. The Kier molecular flexibility index (Phi) is 4.44. The number of ether oxygens (including phenoxy) is 1. The molecule has 1 amide bonds. The number of carbonyl (C=O) groups is 1. The van der Waals surface area contributed by atoms with Crippen LogP contribution >= 0.6 is 11.3 Å². The van der Waals surface area contributed by atoms with E-state index in [1.54, 1.807) is 18.4 Å². The van der Waals surface area contributed by atoms with Crippen molar-refractivity contribution in [3.05, 3.63) is 40.3 Å². The molecule has 1 atom stereocenters. The number of hydrogen-bond acceptors (Lipinski definition) is 3. The summed E-state index contributed by atoms with van der Waals surface area (Å²) in [5.74, 6) is 1.37. The smallest absolute Gasteiger partial charge is 0.261 e. The Hall–Kier alpha value is -1.81. The number of hydrogen-bond donors (Lipinski definition) is 1. The third kappa shape index (κ3) is 3.13. The number of benzene rings is 1. The summed E-state index contributed by atoms with van der Waals surface area (Å²) in [6.45, 7) is 6.29. The van der Waals surface area contributed by atoms with Crippen molar-refractivity contribution in [1.29, 1.82) is 0 Å². The number of aryl methyl sites for hydroxylation is 2. The molecule has 3 nitrogen and oxygen atoms in total. The largest absolute Gasteiger partial charge is 0.497 e. The molecule has 122 valence electrons. The van der Waals surface area contributed by atoms with E-state index in [1.165, 1.54) is 21.6 Å². The Morgan fingerprint density at radius 3 is 2.61 bits per heavy atom. The fraction of sp³-hybridized carbons (Fsp3) is 0.421. The van der Waals surface area contributed by atoms with E-state index in [1.807, 2.05) is 6.07 Å². The van der Waals surface area contributed by atoms with E-state index in [0.717, 1.165) is 23.5 Å². The van der Waals surface area contributed by atoms with Crippen LogP contribution in [0.3, 0.4) is 0 Å². The van der Waals surface area contributed by atoms with E-state index in [2.05, 4.69) is 44.3 Å². The minimum absolute atomic E-state index is 0.0423. The van der Waals surface area contributed by atoms with Crippen LogP contribution in [0.25, 0.3) is 10.4 Å². The second kappa shape index (κ2) is 6.36. The fourth-order valence-corrected chi connectivity index (χ4v) is 3.97. The lowest BCUT2D eigenvalue weighted by molar-refractivity contribution is 0.0934. The van der Waals surface area contributed by atoms with Gasteiger partial charge >= 0.3 is 0 Å². The minimum Gasteiger partial charge on any atom is -0.497 e. The summed E-state index contributed by atoms with van der Waals surface area (Å²) in [5.41, 5.74) is 3.84. The molecule has 1 aromatic carbocycles. The van der Waals surface area contributed by atoms with Crippen LogP contribution in [0, 0.1) is 5.92 Å². The van der Waals surface area contributed by atoms with Crippen LogP contribution in [0.1, 0.15) is 41.6 Å². The molecule has 0 saturated carbocycles. The maximum absolute atomic E-state index is 12.5. The van der Waals surface area contributed by atoms with Crippen LogP contribution in [0.4, 0.5) is 0 Å². The molecule has 0 saturated heterocycles. The molecule has 1 N–H and O–H groups in total. The molecule has 0 bridgehead atoms. The van der Waals surface area contributed by atoms with Crippen molar-refractivity contribution in [2.75, 3.05) is 7.11 Å². The van der Waals surface area contributed by atoms with Crippen LogP contribution in [0.15, 0.2) is 24.3 Å². The molecular formula is C19H23NO2S. The Balaban J connectivity index is 1.89. The van der Waals surface area contributed by atoms with Crippen molar-refractivity contribution >= 4 is 17.2 Å². The number of carbonyl (C=O) groups excluding carboxylic acids is 1. The lowest BCUT2D eigenvalue weighted by Crippen LogP contribution is -2.35. The highest BCUT2D eigenvalue weighted by molar-refractivity contribution is 7.17.